The predicted octanol–water partition coefficient (Wildman–Crippen LogP) is 1.14. The number of rotatable bonds is 6. The molecule has 4 rings (SSSR count). The second-order valence-electron chi connectivity index (χ2n) is 6.17. The van der Waals surface area contributed by atoms with E-state index in [9.17, 15) is 14.4 Å². The minimum absolute atomic E-state index is 0.0891. The van der Waals surface area contributed by atoms with Crippen LogP contribution in [0.25, 0.3) is 0 Å². The Kier molecular flexibility index (Phi) is 4.41. The van der Waals surface area contributed by atoms with Crippen LogP contribution in [-0.2, 0) is 22.7 Å². The summed E-state index contributed by atoms with van der Waals surface area (Å²) in [6.45, 7) is 0.463. The summed E-state index contributed by atoms with van der Waals surface area (Å²) in [5.74, 6) is 1.02. The van der Waals surface area contributed by atoms with E-state index in [1.807, 2.05) is 0 Å². The molecule has 1 aromatic carbocycles. The number of fused-ring (bicyclic) bond motifs is 1. The Labute approximate surface area is 154 Å². The summed E-state index contributed by atoms with van der Waals surface area (Å²) >= 11 is 0. The number of hydrogen-bond donors (Lipinski definition) is 2. The quantitative estimate of drug-likeness (QED) is 0.737. The highest BCUT2D eigenvalue weighted by Gasteiger charge is 2.39. The van der Waals surface area contributed by atoms with Gasteiger partial charge in [0, 0.05) is 0 Å². The van der Waals surface area contributed by atoms with Gasteiger partial charge in [-0.3, -0.25) is 14.5 Å². The predicted molar refractivity (Wildman–Crippen MR) is 90.6 cm³/mol. The smallest absolute Gasteiger partial charge is 0.325 e. The van der Waals surface area contributed by atoms with Crippen molar-refractivity contribution in [2.75, 3.05) is 6.79 Å². The van der Waals surface area contributed by atoms with Crippen molar-refractivity contribution >= 4 is 17.8 Å². The molecule has 0 bridgehead atoms. The lowest BCUT2D eigenvalue weighted by atomic mass is 10.1. The molecule has 9 heteroatoms. The topological polar surface area (TPSA) is 110 Å². The lowest BCUT2D eigenvalue weighted by Crippen LogP contribution is -2.36. The van der Waals surface area contributed by atoms with Crippen LogP contribution in [0.1, 0.15) is 17.7 Å². The van der Waals surface area contributed by atoms with Crippen LogP contribution in [0, 0.1) is 0 Å². The molecule has 2 aliphatic heterocycles. The van der Waals surface area contributed by atoms with E-state index in [-0.39, 0.29) is 32.2 Å². The summed E-state index contributed by atoms with van der Waals surface area (Å²) < 4.78 is 15.7. The van der Waals surface area contributed by atoms with Crippen molar-refractivity contribution in [2.45, 2.75) is 25.6 Å². The number of carbonyl (C=O) groups excluding carboxylic acids is 3. The fourth-order valence-electron chi connectivity index (χ4n) is 2.94. The Morgan fingerprint density at radius 2 is 2.07 bits per heavy atom. The molecule has 0 aliphatic carbocycles. The van der Waals surface area contributed by atoms with E-state index in [1.165, 1.54) is 6.26 Å². The van der Waals surface area contributed by atoms with Crippen molar-refractivity contribution in [3.63, 3.8) is 0 Å². The molecule has 140 valence electrons. The molecule has 1 atom stereocenters. The second kappa shape index (κ2) is 7.02. The van der Waals surface area contributed by atoms with Crippen molar-refractivity contribution in [1.29, 1.82) is 0 Å². The molecule has 0 radical (unpaired) electrons. The molecule has 9 nitrogen and oxygen atoms in total. The van der Waals surface area contributed by atoms with Gasteiger partial charge in [0.1, 0.15) is 11.8 Å². The number of benzene rings is 1. The summed E-state index contributed by atoms with van der Waals surface area (Å²) in [6.07, 6.45) is 1.37. The summed E-state index contributed by atoms with van der Waals surface area (Å²) in [4.78, 5) is 37.8. The molecule has 2 N–H and O–H groups in total. The molecular weight excluding hydrogens is 354 g/mol. The summed E-state index contributed by atoms with van der Waals surface area (Å²) in [5.41, 5.74) is 0.727. The number of furan rings is 1. The van der Waals surface area contributed by atoms with Crippen molar-refractivity contribution < 1.29 is 28.3 Å². The molecular formula is C18H17N3O6. The molecule has 1 saturated heterocycles. The molecule has 27 heavy (non-hydrogen) atoms. The van der Waals surface area contributed by atoms with Gasteiger partial charge in [0.05, 0.1) is 25.8 Å². The maximum atomic E-state index is 12.5. The number of nitrogens with one attached hydrogen (secondary N) is 2. The Bertz CT molecular complexity index is 879. The Balaban J connectivity index is 1.34. The number of amides is 4. The van der Waals surface area contributed by atoms with E-state index >= 15 is 0 Å². The zero-order valence-electron chi connectivity index (χ0n) is 14.3. The van der Waals surface area contributed by atoms with E-state index in [2.05, 4.69) is 10.6 Å². The van der Waals surface area contributed by atoms with Gasteiger partial charge >= 0.3 is 6.03 Å². The van der Waals surface area contributed by atoms with E-state index in [0.717, 1.165) is 10.5 Å². The lowest BCUT2D eigenvalue weighted by molar-refractivity contribution is -0.131. The summed E-state index contributed by atoms with van der Waals surface area (Å²) in [7, 11) is 0. The number of nitrogens with zero attached hydrogens (tertiary/aromatic N) is 1. The monoisotopic (exact) mass is 371 g/mol. The Morgan fingerprint density at radius 3 is 2.89 bits per heavy atom. The zero-order valence-corrected chi connectivity index (χ0v) is 14.3. The van der Waals surface area contributed by atoms with Crippen LogP contribution in [0.4, 0.5) is 4.79 Å². The van der Waals surface area contributed by atoms with Crippen LogP contribution < -0.4 is 20.1 Å². The minimum Gasteiger partial charge on any atom is -0.467 e. The van der Waals surface area contributed by atoms with Crippen LogP contribution in [0.3, 0.4) is 0 Å². The van der Waals surface area contributed by atoms with E-state index in [0.29, 0.717) is 17.3 Å². The largest absolute Gasteiger partial charge is 0.467 e. The van der Waals surface area contributed by atoms with Gasteiger partial charge in [-0.1, -0.05) is 6.07 Å². The molecule has 1 aromatic heterocycles. The highest BCUT2D eigenvalue weighted by atomic mass is 16.7. The van der Waals surface area contributed by atoms with Crippen molar-refractivity contribution in [1.82, 2.24) is 15.5 Å². The van der Waals surface area contributed by atoms with Gasteiger partial charge in [-0.2, -0.15) is 0 Å². The van der Waals surface area contributed by atoms with Crippen LogP contribution in [0.2, 0.25) is 0 Å². The molecule has 3 heterocycles. The first-order valence-electron chi connectivity index (χ1n) is 8.39. The fourth-order valence-corrected chi connectivity index (χ4v) is 2.94. The number of urea groups is 1. The second-order valence-corrected chi connectivity index (χ2v) is 6.17. The first kappa shape index (κ1) is 17.0. The van der Waals surface area contributed by atoms with E-state index < -0.39 is 18.0 Å². The summed E-state index contributed by atoms with van der Waals surface area (Å²) in [6, 6.07) is 7.26. The van der Waals surface area contributed by atoms with Crippen molar-refractivity contribution in [3.8, 4) is 11.5 Å². The van der Waals surface area contributed by atoms with E-state index in [1.54, 1.807) is 30.3 Å². The fraction of sp³-hybridized carbons (Fsp3) is 0.278. The highest BCUT2D eigenvalue weighted by molar-refractivity contribution is 6.05. The van der Waals surface area contributed by atoms with Gasteiger partial charge in [-0.15, -0.1) is 0 Å². The van der Waals surface area contributed by atoms with E-state index in [4.69, 9.17) is 13.9 Å². The molecule has 4 amide bonds. The first-order valence-corrected chi connectivity index (χ1v) is 8.39. The van der Waals surface area contributed by atoms with Crippen LogP contribution in [-0.4, -0.2) is 35.6 Å². The van der Waals surface area contributed by atoms with Gasteiger partial charge in [0.15, 0.2) is 11.5 Å². The highest BCUT2D eigenvalue weighted by Crippen LogP contribution is 2.33. The summed E-state index contributed by atoms with van der Waals surface area (Å²) in [5, 5.41) is 5.20. The molecule has 2 aliphatic rings. The molecule has 1 fully saturated rings. The Hall–Kier alpha value is -3.49. The Morgan fingerprint density at radius 1 is 1.22 bits per heavy atom. The van der Waals surface area contributed by atoms with Gasteiger partial charge in [-0.05, 0) is 29.8 Å². The average Bonchev–Trinajstić information content (AvgIpc) is 3.38. The molecule has 2 aromatic rings. The van der Waals surface area contributed by atoms with Crippen LogP contribution >= 0.6 is 0 Å². The maximum absolute atomic E-state index is 12.5. The number of imide groups is 1. The van der Waals surface area contributed by atoms with Gasteiger partial charge < -0.3 is 24.5 Å². The molecule has 0 spiro atoms. The molecule has 0 unspecified atom stereocenters. The number of hydrogen-bond acceptors (Lipinski definition) is 6. The van der Waals surface area contributed by atoms with Gasteiger partial charge in [0.2, 0.25) is 12.7 Å². The average molecular weight is 371 g/mol. The van der Waals surface area contributed by atoms with Crippen LogP contribution in [0.5, 0.6) is 11.5 Å². The molecule has 0 saturated carbocycles. The number of carbonyl (C=O) groups is 3. The minimum atomic E-state index is -0.886. The zero-order chi connectivity index (χ0) is 18.8. The maximum Gasteiger partial charge on any atom is 0.325 e. The normalized spacial score (nSPS) is 17.9. The third-order valence-corrected chi connectivity index (χ3v) is 4.31. The van der Waals surface area contributed by atoms with Gasteiger partial charge in [-0.25, -0.2) is 4.79 Å². The third kappa shape index (κ3) is 3.57. The van der Waals surface area contributed by atoms with Gasteiger partial charge in [0.25, 0.3) is 5.91 Å². The van der Waals surface area contributed by atoms with Crippen LogP contribution in [0.15, 0.2) is 41.0 Å². The van der Waals surface area contributed by atoms with Crippen molar-refractivity contribution in [3.05, 3.63) is 47.9 Å². The lowest BCUT2D eigenvalue weighted by Gasteiger charge is -2.13. The SMILES string of the molecule is O=C(C[C@@H]1NC(=O)N(Cc2ccc3c(c2)OCO3)C1=O)NCc1ccco1. The van der Waals surface area contributed by atoms with Crippen molar-refractivity contribution in [2.24, 2.45) is 0 Å². The standard InChI is InChI=1S/C18H17N3O6/c22-16(19-8-12-2-1-5-25-12)7-13-17(23)21(18(24)20-13)9-11-3-4-14-15(6-11)27-10-26-14/h1-6,13H,7-10H2,(H,19,22)(H,20,24)/t13-/m0/s1. The first-order chi connectivity index (χ1) is 13.1. The number of ether oxygens (including phenoxy) is 2. The third-order valence-electron chi connectivity index (χ3n) is 4.31.